The van der Waals surface area contributed by atoms with Gasteiger partial charge in [-0.05, 0) is 36.8 Å². The molecule has 2 aliphatic rings. The molecule has 110 valence electrons. The van der Waals surface area contributed by atoms with Crippen LogP contribution in [0, 0.1) is 11.8 Å². The van der Waals surface area contributed by atoms with E-state index < -0.39 is 16.0 Å². The van der Waals surface area contributed by atoms with E-state index in [1.54, 1.807) is 10.4 Å². The van der Waals surface area contributed by atoms with Gasteiger partial charge in [0.05, 0.1) is 6.42 Å². The van der Waals surface area contributed by atoms with Crippen LogP contribution >= 0.6 is 11.3 Å². The molecule has 1 saturated heterocycles. The highest BCUT2D eigenvalue weighted by molar-refractivity contribution is 7.91. The van der Waals surface area contributed by atoms with Gasteiger partial charge in [0.1, 0.15) is 4.21 Å². The van der Waals surface area contributed by atoms with E-state index in [4.69, 9.17) is 5.11 Å². The molecule has 3 rings (SSSR count). The zero-order valence-corrected chi connectivity index (χ0v) is 12.6. The number of carboxylic acid groups (broad SMARTS) is 1. The van der Waals surface area contributed by atoms with Gasteiger partial charge in [0.15, 0.2) is 0 Å². The van der Waals surface area contributed by atoms with Crippen LogP contribution in [0.1, 0.15) is 24.1 Å². The summed E-state index contributed by atoms with van der Waals surface area (Å²) in [7, 11) is -3.44. The highest BCUT2D eigenvalue weighted by Crippen LogP contribution is 2.40. The van der Waals surface area contributed by atoms with Crippen LogP contribution in [0.4, 0.5) is 0 Å². The average Bonchev–Trinajstić information content (AvgIpc) is 3.00. The fourth-order valence-corrected chi connectivity index (χ4v) is 6.31. The molecule has 0 spiro atoms. The maximum absolute atomic E-state index is 12.6. The predicted molar refractivity (Wildman–Crippen MR) is 75.2 cm³/mol. The molecule has 5 nitrogen and oxygen atoms in total. The number of sulfonamides is 1. The first-order chi connectivity index (χ1) is 9.46. The SMILES string of the molecule is O=C(O)Cc1ccc(S(=O)(=O)N2CC3CCCC3C2)s1. The van der Waals surface area contributed by atoms with Gasteiger partial charge < -0.3 is 5.11 Å². The molecule has 2 heterocycles. The summed E-state index contributed by atoms with van der Waals surface area (Å²) in [5, 5.41) is 8.75. The van der Waals surface area contributed by atoms with E-state index in [0.717, 1.165) is 24.2 Å². The van der Waals surface area contributed by atoms with Crippen LogP contribution in [0.15, 0.2) is 16.3 Å². The summed E-state index contributed by atoms with van der Waals surface area (Å²) in [6.07, 6.45) is 3.35. The molecule has 0 bridgehead atoms. The van der Waals surface area contributed by atoms with E-state index in [9.17, 15) is 13.2 Å². The summed E-state index contributed by atoms with van der Waals surface area (Å²) in [5.41, 5.74) is 0. The molecule has 1 aliphatic carbocycles. The summed E-state index contributed by atoms with van der Waals surface area (Å²) in [5.74, 6) is 0.0953. The first-order valence-corrected chi connectivity index (χ1v) is 9.03. The van der Waals surface area contributed by atoms with Gasteiger partial charge in [-0.15, -0.1) is 11.3 Å². The normalized spacial score (nSPS) is 26.8. The lowest BCUT2D eigenvalue weighted by molar-refractivity contribution is -0.136. The van der Waals surface area contributed by atoms with Gasteiger partial charge in [-0.25, -0.2) is 8.42 Å². The summed E-state index contributed by atoms with van der Waals surface area (Å²) < 4.78 is 27.0. The Morgan fingerprint density at radius 3 is 2.55 bits per heavy atom. The Kier molecular flexibility index (Phi) is 3.60. The van der Waals surface area contributed by atoms with E-state index in [0.29, 0.717) is 29.8 Å². The van der Waals surface area contributed by atoms with Crippen LogP contribution < -0.4 is 0 Å². The number of nitrogens with zero attached hydrogens (tertiary/aromatic N) is 1. The van der Waals surface area contributed by atoms with Crippen molar-refractivity contribution in [3.8, 4) is 0 Å². The number of hydrogen-bond donors (Lipinski definition) is 1. The number of fused-ring (bicyclic) bond motifs is 1. The highest BCUT2D eigenvalue weighted by Gasteiger charge is 2.41. The van der Waals surface area contributed by atoms with Crippen LogP contribution in [-0.4, -0.2) is 36.9 Å². The fourth-order valence-electron chi connectivity index (χ4n) is 3.26. The van der Waals surface area contributed by atoms with Gasteiger partial charge in [-0.2, -0.15) is 4.31 Å². The second-order valence-corrected chi connectivity index (χ2v) is 8.90. The van der Waals surface area contributed by atoms with Crippen molar-refractivity contribution in [2.75, 3.05) is 13.1 Å². The number of aliphatic carboxylic acids is 1. The van der Waals surface area contributed by atoms with Gasteiger partial charge in [-0.1, -0.05) is 6.42 Å². The van der Waals surface area contributed by atoms with E-state index in [-0.39, 0.29) is 10.6 Å². The summed E-state index contributed by atoms with van der Waals surface area (Å²) in [6, 6.07) is 3.13. The third-order valence-electron chi connectivity index (χ3n) is 4.25. The second-order valence-electron chi connectivity index (χ2n) is 5.56. The summed E-state index contributed by atoms with van der Waals surface area (Å²) in [6.45, 7) is 1.25. The van der Waals surface area contributed by atoms with Crippen LogP contribution in [-0.2, 0) is 21.2 Å². The van der Waals surface area contributed by atoms with E-state index in [1.807, 2.05) is 0 Å². The van der Waals surface area contributed by atoms with Gasteiger partial charge in [0.2, 0.25) is 0 Å². The molecule has 0 amide bonds. The third-order valence-corrected chi connectivity index (χ3v) is 7.63. The van der Waals surface area contributed by atoms with Crippen molar-refractivity contribution in [1.82, 2.24) is 4.31 Å². The molecule has 2 fully saturated rings. The maximum atomic E-state index is 12.6. The van der Waals surface area contributed by atoms with Crippen molar-refractivity contribution < 1.29 is 18.3 Å². The minimum atomic E-state index is -3.44. The number of carboxylic acids is 1. The van der Waals surface area contributed by atoms with Crippen LogP contribution in [0.3, 0.4) is 0 Å². The van der Waals surface area contributed by atoms with Gasteiger partial charge in [0.25, 0.3) is 10.0 Å². The Hall–Kier alpha value is -0.920. The Bertz CT molecular complexity index is 610. The quantitative estimate of drug-likeness (QED) is 0.919. The van der Waals surface area contributed by atoms with E-state index in [1.165, 1.54) is 12.5 Å². The second kappa shape index (κ2) is 5.13. The highest BCUT2D eigenvalue weighted by atomic mass is 32.2. The Balaban J connectivity index is 1.78. The largest absolute Gasteiger partial charge is 0.481 e. The smallest absolute Gasteiger partial charge is 0.308 e. The maximum Gasteiger partial charge on any atom is 0.308 e. The fraction of sp³-hybridized carbons (Fsp3) is 0.615. The molecule has 1 aromatic rings. The van der Waals surface area contributed by atoms with Gasteiger partial charge >= 0.3 is 5.97 Å². The molecule has 2 atom stereocenters. The van der Waals surface area contributed by atoms with Crippen molar-refractivity contribution in [1.29, 1.82) is 0 Å². The van der Waals surface area contributed by atoms with E-state index >= 15 is 0 Å². The van der Waals surface area contributed by atoms with Crippen LogP contribution in [0.5, 0.6) is 0 Å². The molecule has 1 aromatic heterocycles. The number of rotatable bonds is 4. The minimum absolute atomic E-state index is 0.120. The standard InChI is InChI=1S/C13H17NO4S2/c15-12(16)6-11-4-5-13(19-11)20(17,18)14-7-9-2-1-3-10(9)8-14/h4-5,9-10H,1-3,6-8H2,(H,15,16). The lowest BCUT2D eigenvalue weighted by Gasteiger charge is -2.15. The lowest BCUT2D eigenvalue weighted by Crippen LogP contribution is -2.29. The van der Waals surface area contributed by atoms with Crippen molar-refractivity contribution in [3.05, 3.63) is 17.0 Å². The Morgan fingerprint density at radius 2 is 1.95 bits per heavy atom. The van der Waals surface area contributed by atoms with Crippen molar-refractivity contribution in [3.63, 3.8) is 0 Å². The molecular weight excluding hydrogens is 298 g/mol. The predicted octanol–water partition coefficient (Wildman–Crippen LogP) is 1.80. The first-order valence-electron chi connectivity index (χ1n) is 6.77. The molecule has 7 heteroatoms. The molecule has 1 aliphatic heterocycles. The zero-order chi connectivity index (χ0) is 14.3. The lowest BCUT2D eigenvalue weighted by atomic mass is 10.0. The van der Waals surface area contributed by atoms with Crippen molar-refractivity contribution in [2.45, 2.75) is 29.9 Å². The van der Waals surface area contributed by atoms with Crippen molar-refractivity contribution in [2.24, 2.45) is 11.8 Å². The summed E-state index contributed by atoms with van der Waals surface area (Å²) >= 11 is 1.07. The zero-order valence-electron chi connectivity index (χ0n) is 11.0. The van der Waals surface area contributed by atoms with E-state index in [2.05, 4.69) is 0 Å². The number of hydrogen-bond acceptors (Lipinski definition) is 4. The monoisotopic (exact) mass is 315 g/mol. The van der Waals surface area contributed by atoms with Crippen molar-refractivity contribution >= 4 is 27.3 Å². The topological polar surface area (TPSA) is 74.7 Å². The van der Waals surface area contributed by atoms with Gasteiger partial charge in [-0.3, -0.25) is 4.79 Å². The Labute approximate surface area is 122 Å². The third kappa shape index (κ3) is 2.49. The first kappa shape index (κ1) is 14.0. The molecule has 0 radical (unpaired) electrons. The molecule has 1 saturated carbocycles. The molecule has 1 N–H and O–H groups in total. The minimum Gasteiger partial charge on any atom is -0.481 e. The molecule has 20 heavy (non-hydrogen) atoms. The van der Waals surface area contributed by atoms with Crippen LogP contribution in [0.25, 0.3) is 0 Å². The Morgan fingerprint density at radius 1 is 1.30 bits per heavy atom. The van der Waals surface area contributed by atoms with Crippen LogP contribution in [0.2, 0.25) is 0 Å². The average molecular weight is 315 g/mol. The summed E-state index contributed by atoms with van der Waals surface area (Å²) in [4.78, 5) is 11.2. The molecule has 2 unspecified atom stereocenters. The van der Waals surface area contributed by atoms with Gasteiger partial charge in [0, 0.05) is 18.0 Å². The number of thiophene rings is 1. The molecule has 0 aromatic carbocycles. The molecular formula is C13H17NO4S2. The number of carbonyl (C=O) groups is 1.